The molecule has 0 bridgehead atoms. The van der Waals surface area contributed by atoms with E-state index in [9.17, 15) is 9.59 Å². The third-order valence-electron chi connectivity index (χ3n) is 3.75. The van der Waals surface area contributed by atoms with Gasteiger partial charge in [0.25, 0.3) is 0 Å². The average molecular weight is 224 g/mol. The van der Waals surface area contributed by atoms with Crippen LogP contribution in [-0.4, -0.2) is 36.3 Å². The van der Waals surface area contributed by atoms with Crippen molar-refractivity contribution in [3.05, 3.63) is 0 Å². The maximum Gasteiger partial charge on any atom is 0.245 e. The van der Waals surface area contributed by atoms with Gasteiger partial charge in [0.15, 0.2) is 0 Å². The van der Waals surface area contributed by atoms with E-state index in [1.807, 2.05) is 0 Å². The van der Waals surface area contributed by atoms with Crippen LogP contribution in [0.5, 0.6) is 0 Å². The third kappa shape index (κ3) is 2.36. The van der Waals surface area contributed by atoms with Gasteiger partial charge in [-0.1, -0.05) is 19.3 Å². The summed E-state index contributed by atoms with van der Waals surface area (Å²) < 4.78 is 0. The van der Waals surface area contributed by atoms with E-state index in [1.165, 1.54) is 19.3 Å². The minimum absolute atomic E-state index is 0.0215. The van der Waals surface area contributed by atoms with Crippen LogP contribution in [0.15, 0.2) is 0 Å². The highest BCUT2D eigenvalue weighted by molar-refractivity contribution is 5.90. The molecule has 1 N–H and O–H groups in total. The minimum Gasteiger partial charge on any atom is -0.344 e. The minimum atomic E-state index is -0.264. The van der Waals surface area contributed by atoms with Crippen LogP contribution in [0.3, 0.4) is 0 Å². The Morgan fingerprint density at radius 2 is 1.88 bits per heavy atom. The molecule has 16 heavy (non-hydrogen) atoms. The summed E-state index contributed by atoms with van der Waals surface area (Å²) in [7, 11) is 1.79. The van der Waals surface area contributed by atoms with Crippen molar-refractivity contribution in [3.63, 3.8) is 0 Å². The number of nitrogens with zero attached hydrogens (tertiary/aromatic N) is 1. The summed E-state index contributed by atoms with van der Waals surface area (Å²) in [4.78, 5) is 25.3. The maximum absolute atomic E-state index is 12.1. The molecule has 1 unspecified atom stereocenters. The highest BCUT2D eigenvalue weighted by Crippen LogP contribution is 2.27. The number of carbonyl (C=O) groups excluding carboxylic acids is 2. The van der Waals surface area contributed by atoms with Gasteiger partial charge in [-0.25, -0.2) is 0 Å². The van der Waals surface area contributed by atoms with E-state index in [0.29, 0.717) is 18.9 Å². The molecule has 1 heterocycles. The van der Waals surface area contributed by atoms with Gasteiger partial charge in [0, 0.05) is 20.0 Å². The van der Waals surface area contributed by atoms with E-state index in [-0.39, 0.29) is 17.9 Å². The van der Waals surface area contributed by atoms with Crippen molar-refractivity contribution in [2.45, 2.75) is 44.6 Å². The van der Waals surface area contributed by atoms with Crippen LogP contribution in [0.1, 0.15) is 38.5 Å². The van der Waals surface area contributed by atoms with Gasteiger partial charge in [-0.3, -0.25) is 9.59 Å². The molecule has 4 nitrogen and oxygen atoms in total. The second-order valence-corrected chi connectivity index (χ2v) is 4.95. The smallest absolute Gasteiger partial charge is 0.245 e. The number of nitrogens with one attached hydrogen (secondary N) is 1. The molecule has 4 heteroatoms. The van der Waals surface area contributed by atoms with Crippen LogP contribution in [0, 0.1) is 5.92 Å². The number of amides is 2. The van der Waals surface area contributed by atoms with E-state index < -0.39 is 0 Å². The number of rotatable bonds is 1. The van der Waals surface area contributed by atoms with E-state index >= 15 is 0 Å². The summed E-state index contributed by atoms with van der Waals surface area (Å²) in [6, 6.07) is -0.264. The Morgan fingerprint density at radius 1 is 1.19 bits per heavy atom. The number of hydrogen-bond acceptors (Lipinski definition) is 2. The molecule has 0 radical (unpaired) electrons. The van der Waals surface area contributed by atoms with Gasteiger partial charge in [-0.15, -0.1) is 0 Å². The third-order valence-corrected chi connectivity index (χ3v) is 3.75. The summed E-state index contributed by atoms with van der Waals surface area (Å²) >= 11 is 0. The zero-order chi connectivity index (χ0) is 11.5. The molecule has 0 spiro atoms. The standard InChI is InChI=1S/C12H20N2O2/c1-14-8-7-10(15)13-11(12(14)16)9-5-3-2-4-6-9/h9,11H,2-8H2,1H3,(H,13,15). The Balaban J connectivity index is 2.08. The topological polar surface area (TPSA) is 49.4 Å². The molecule has 1 aliphatic heterocycles. The van der Waals surface area contributed by atoms with Crippen molar-refractivity contribution in [1.82, 2.24) is 10.2 Å². The molecule has 0 aromatic carbocycles. The van der Waals surface area contributed by atoms with Crippen molar-refractivity contribution >= 4 is 11.8 Å². The first-order chi connectivity index (χ1) is 7.68. The fourth-order valence-electron chi connectivity index (χ4n) is 2.71. The Labute approximate surface area is 96.4 Å². The molecule has 1 saturated carbocycles. The van der Waals surface area contributed by atoms with Crippen molar-refractivity contribution in [2.24, 2.45) is 5.92 Å². The van der Waals surface area contributed by atoms with Gasteiger partial charge >= 0.3 is 0 Å². The Morgan fingerprint density at radius 3 is 2.56 bits per heavy atom. The predicted molar refractivity (Wildman–Crippen MR) is 60.8 cm³/mol. The quantitative estimate of drug-likeness (QED) is 0.720. The number of hydrogen-bond donors (Lipinski definition) is 1. The Kier molecular flexibility index (Phi) is 3.46. The highest BCUT2D eigenvalue weighted by atomic mass is 16.2. The second kappa shape index (κ2) is 4.85. The maximum atomic E-state index is 12.1. The summed E-state index contributed by atoms with van der Waals surface area (Å²) in [5.74, 6) is 0.469. The van der Waals surface area contributed by atoms with Crippen LogP contribution >= 0.6 is 0 Å². The van der Waals surface area contributed by atoms with Gasteiger partial charge in [0.05, 0.1) is 0 Å². The molecule has 2 aliphatic rings. The lowest BCUT2D eigenvalue weighted by Gasteiger charge is -2.30. The molecule has 1 atom stereocenters. The van der Waals surface area contributed by atoms with Gasteiger partial charge in [0.1, 0.15) is 6.04 Å². The van der Waals surface area contributed by atoms with E-state index in [2.05, 4.69) is 5.32 Å². The van der Waals surface area contributed by atoms with Crippen molar-refractivity contribution in [3.8, 4) is 0 Å². The zero-order valence-corrected chi connectivity index (χ0v) is 9.87. The van der Waals surface area contributed by atoms with E-state index in [4.69, 9.17) is 0 Å². The van der Waals surface area contributed by atoms with Crippen molar-refractivity contribution in [1.29, 1.82) is 0 Å². The van der Waals surface area contributed by atoms with Crippen LogP contribution in [0.2, 0.25) is 0 Å². The Hall–Kier alpha value is -1.06. The number of carbonyl (C=O) groups is 2. The first kappa shape index (κ1) is 11.4. The Bertz CT molecular complexity index is 285. The predicted octanol–water partition coefficient (Wildman–Crippen LogP) is 0.914. The largest absolute Gasteiger partial charge is 0.344 e. The fraction of sp³-hybridized carbons (Fsp3) is 0.833. The molecule has 1 aliphatic carbocycles. The lowest BCUT2D eigenvalue weighted by molar-refractivity contribution is -0.134. The van der Waals surface area contributed by atoms with Gasteiger partial charge < -0.3 is 10.2 Å². The van der Waals surface area contributed by atoms with Crippen LogP contribution < -0.4 is 5.32 Å². The first-order valence-corrected chi connectivity index (χ1v) is 6.23. The molecule has 2 fully saturated rings. The first-order valence-electron chi connectivity index (χ1n) is 6.23. The normalized spacial score (nSPS) is 28.8. The molecule has 0 aromatic heterocycles. The fourth-order valence-corrected chi connectivity index (χ4v) is 2.71. The van der Waals surface area contributed by atoms with Crippen molar-refractivity contribution < 1.29 is 9.59 Å². The zero-order valence-electron chi connectivity index (χ0n) is 9.87. The van der Waals surface area contributed by atoms with Gasteiger partial charge in [-0.2, -0.15) is 0 Å². The van der Waals surface area contributed by atoms with E-state index in [1.54, 1.807) is 11.9 Å². The van der Waals surface area contributed by atoms with Crippen molar-refractivity contribution in [2.75, 3.05) is 13.6 Å². The van der Waals surface area contributed by atoms with Crippen LogP contribution in [0.25, 0.3) is 0 Å². The summed E-state index contributed by atoms with van der Waals surface area (Å²) in [6.07, 6.45) is 6.23. The van der Waals surface area contributed by atoms with Gasteiger partial charge in [0.2, 0.25) is 11.8 Å². The lowest BCUT2D eigenvalue weighted by atomic mass is 9.83. The molecular formula is C12H20N2O2. The second-order valence-electron chi connectivity index (χ2n) is 4.95. The highest BCUT2D eigenvalue weighted by Gasteiger charge is 2.34. The number of likely N-dealkylation sites (N-methyl/N-ethyl adjacent to an activating group) is 1. The summed E-state index contributed by atoms with van der Waals surface area (Å²) in [5, 5.41) is 2.90. The van der Waals surface area contributed by atoms with E-state index in [0.717, 1.165) is 12.8 Å². The molecule has 1 saturated heterocycles. The average Bonchev–Trinajstić information content (AvgIpc) is 2.44. The summed E-state index contributed by atoms with van der Waals surface area (Å²) in [6.45, 7) is 0.549. The molecule has 90 valence electrons. The molecule has 2 rings (SSSR count). The monoisotopic (exact) mass is 224 g/mol. The SMILES string of the molecule is CN1CCC(=O)NC(C2CCCCC2)C1=O. The molecule has 0 aromatic rings. The molecular weight excluding hydrogens is 204 g/mol. The van der Waals surface area contributed by atoms with Gasteiger partial charge in [-0.05, 0) is 18.8 Å². The molecule has 2 amide bonds. The lowest BCUT2D eigenvalue weighted by Crippen LogP contribution is -2.48. The van der Waals surface area contributed by atoms with Crippen LogP contribution in [-0.2, 0) is 9.59 Å². The van der Waals surface area contributed by atoms with Crippen LogP contribution in [0.4, 0.5) is 0 Å². The summed E-state index contributed by atoms with van der Waals surface area (Å²) in [5.41, 5.74) is 0.